The maximum absolute atomic E-state index is 9.72. The van der Waals surface area contributed by atoms with Crippen LogP contribution in [0.25, 0.3) is 22.0 Å². The fraction of sp³-hybridized carbons (Fsp3) is 0.0909. The lowest BCUT2D eigenvalue weighted by Gasteiger charge is -2.08. The number of nitrogens with zero attached hydrogens (tertiary/aromatic N) is 2. The molecule has 0 radical (unpaired) electrons. The summed E-state index contributed by atoms with van der Waals surface area (Å²) in [5.41, 5.74) is 4.16. The van der Waals surface area contributed by atoms with Crippen LogP contribution in [0.5, 0.6) is 16.6 Å². The molecular formula is C22H14N2O3S. The monoisotopic (exact) mass is 386 g/mol. The zero-order valence-electron chi connectivity index (χ0n) is 14.7. The van der Waals surface area contributed by atoms with E-state index in [4.69, 9.17) is 14.2 Å². The van der Waals surface area contributed by atoms with Crippen LogP contribution in [0.1, 0.15) is 11.1 Å². The largest absolute Gasteiger partial charge is 0.478 e. The van der Waals surface area contributed by atoms with Crippen LogP contribution in [-0.4, -0.2) is 11.8 Å². The van der Waals surface area contributed by atoms with Gasteiger partial charge < -0.3 is 14.2 Å². The van der Waals surface area contributed by atoms with E-state index < -0.39 is 0 Å². The van der Waals surface area contributed by atoms with Crippen LogP contribution in [-0.2, 0) is 6.61 Å². The van der Waals surface area contributed by atoms with Crippen molar-refractivity contribution in [2.24, 2.45) is 0 Å². The van der Waals surface area contributed by atoms with E-state index in [0.29, 0.717) is 23.0 Å². The molecule has 5 nitrogen and oxygen atoms in total. The third-order valence-electron chi connectivity index (χ3n) is 4.63. The van der Waals surface area contributed by atoms with Crippen molar-refractivity contribution in [1.29, 1.82) is 5.26 Å². The predicted octanol–water partition coefficient (Wildman–Crippen LogP) is 5.14. The highest BCUT2D eigenvalue weighted by atomic mass is 32.1. The Bertz CT molecular complexity index is 1220. The molecule has 136 valence electrons. The molecule has 0 saturated heterocycles. The average Bonchev–Trinajstić information content (AvgIpc) is 3.38. The van der Waals surface area contributed by atoms with Crippen LogP contribution in [0, 0.1) is 11.3 Å². The maximum Gasteiger partial charge on any atom is 0.231 e. The van der Waals surface area contributed by atoms with Crippen molar-refractivity contribution in [3.63, 3.8) is 0 Å². The second kappa shape index (κ2) is 6.87. The molecule has 0 unspecified atom stereocenters. The van der Waals surface area contributed by atoms with Crippen molar-refractivity contribution in [3.8, 4) is 33.8 Å². The number of pyridine rings is 1. The molecule has 6 heteroatoms. The molecule has 0 spiro atoms. The molecule has 28 heavy (non-hydrogen) atoms. The van der Waals surface area contributed by atoms with Crippen LogP contribution in [0.4, 0.5) is 0 Å². The van der Waals surface area contributed by atoms with E-state index in [-0.39, 0.29) is 6.79 Å². The smallest absolute Gasteiger partial charge is 0.231 e. The highest BCUT2D eigenvalue weighted by Crippen LogP contribution is 2.41. The number of hydrogen-bond donors (Lipinski definition) is 0. The van der Waals surface area contributed by atoms with Gasteiger partial charge in [0.25, 0.3) is 0 Å². The number of nitriles is 1. The van der Waals surface area contributed by atoms with Crippen LogP contribution in [0.2, 0.25) is 0 Å². The second-order valence-electron chi connectivity index (χ2n) is 6.27. The quantitative estimate of drug-likeness (QED) is 0.486. The molecule has 0 saturated carbocycles. The van der Waals surface area contributed by atoms with Crippen molar-refractivity contribution in [1.82, 2.24) is 4.98 Å². The second-order valence-corrected chi connectivity index (χ2v) is 7.11. The minimum Gasteiger partial charge on any atom is -0.478 e. The Morgan fingerprint density at radius 3 is 2.93 bits per heavy atom. The minimum atomic E-state index is 0.223. The van der Waals surface area contributed by atoms with Gasteiger partial charge in [-0.1, -0.05) is 30.3 Å². The molecule has 0 bridgehead atoms. The molecule has 5 rings (SSSR count). The Balaban J connectivity index is 1.45. The van der Waals surface area contributed by atoms with Crippen molar-refractivity contribution < 1.29 is 14.2 Å². The Labute approximate surface area is 165 Å². The third-order valence-corrected chi connectivity index (χ3v) is 5.52. The van der Waals surface area contributed by atoms with E-state index in [9.17, 15) is 5.26 Å². The van der Waals surface area contributed by atoms with Gasteiger partial charge in [-0.3, -0.25) is 4.98 Å². The maximum atomic E-state index is 9.72. The van der Waals surface area contributed by atoms with Gasteiger partial charge in [-0.25, -0.2) is 0 Å². The molecule has 4 aromatic rings. The minimum absolute atomic E-state index is 0.223. The summed E-state index contributed by atoms with van der Waals surface area (Å²) in [5.74, 6) is 1.41. The number of benzene rings is 2. The van der Waals surface area contributed by atoms with Gasteiger partial charge >= 0.3 is 0 Å². The first-order valence-corrected chi connectivity index (χ1v) is 9.58. The van der Waals surface area contributed by atoms with Crippen molar-refractivity contribution in [2.45, 2.75) is 6.61 Å². The molecule has 0 fully saturated rings. The molecule has 2 aromatic heterocycles. The topological polar surface area (TPSA) is 64.4 Å². The van der Waals surface area contributed by atoms with Crippen LogP contribution in [0.3, 0.4) is 0 Å². The number of aromatic nitrogens is 1. The summed E-state index contributed by atoms with van der Waals surface area (Å²) in [6.07, 6.45) is 1.77. The number of hydrogen-bond acceptors (Lipinski definition) is 6. The van der Waals surface area contributed by atoms with Crippen LogP contribution in [0.15, 0.2) is 60.1 Å². The van der Waals surface area contributed by atoms with Crippen molar-refractivity contribution >= 4 is 22.2 Å². The summed E-state index contributed by atoms with van der Waals surface area (Å²) in [5, 5.41) is 13.3. The number of rotatable bonds is 4. The molecule has 1 aliphatic heterocycles. The molecular weight excluding hydrogens is 372 g/mol. The van der Waals surface area contributed by atoms with E-state index in [2.05, 4.69) is 11.1 Å². The van der Waals surface area contributed by atoms with E-state index in [0.717, 1.165) is 33.3 Å². The Hall–Kier alpha value is -3.56. The lowest BCUT2D eigenvalue weighted by molar-refractivity contribution is 0.174. The molecule has 0 atom stereocenters. The fourth-order valence-corrected chi connectivity index (χ4v) is 4.14. The first kappa shape index (κ1) is 16.6. The van der Waals surface area contributed by atoms with Gasteiger partial charge in [-0.15, -0.1) is 11.3 Å². The summed E-state index contributed by atoms with van der Waals surface area (Å²) < 4.78 is 16.8. The number of ether oxygens (including phenoxy) is 3. The van der Waals surface area contributed by atoms with Crippen LogP contribution >= 0.6 is 11.3 Å². The fourth-order valence-electron chi connectivity index (χ4n) is 3.26. The van der Waals surface area contributed by atoms with Gasteiger partial charge in [-0.05, 0) is 23.8 Å². The first-order valence-electron chi connectivity index (χ1n) is 8.70. The third kappa shape index (κ3) is 2.82. The highest BCUT2D eigenvalue weighted by molar-refractivity contribution is 7.12. The number of thiophene rings is 1. The van der Waals surface area contributed by atoms with Gasteiger partial charge in [0.2, 0.25) is 6.79 Å². The van der Waals surface area contributed by atoms with Gasteiger partial charge in [0.05, 0.1) is 5.52 Å². The number of para-hydroxylation sites is 1. The molecule has 1 aliphatic rings. The Morgan fingerprint density at radius 2 is 2.00 bits per heavy atom. The Morgan fingerprint density at radius 1 is 1.11 bits per heavy atom. The Kier molecular flexibility index (Phi) is 4.08. The van der Waals surface area contributed by atoms with Gasteiger partial charge in [0.15, 0.2) is 16.6 Å². The van der Waals surface area contributed by atoms with Crippen molar-refractivity contribution in [3.05, 3.63) is 71.2 Å². The summed E-state index contributed by atoms with van der Waals surface area (Å²) >= 11 is 1.42. The highest BCUT2D eigenvalue weighted by Gasteiger charge is 2.19. The van der Waals surface area contributed by atoms with Gasteiger partial charge in [0, 0.05) is 28.1 Å². The predicted molar refractivity (Wildman–Crippen MR) is 107 cm³/mol. The van der Waals surface area contributed by atoms with E-state index in [1.54, 1.807) is 6.20 Å². The van der Waals surface area contributed by atoms with E-state index in [1.165, 1.54) is 11.3 Å². The van der Waals surface area contributed by atoms with Crippen molar-refractivity contribution in [2.75, 3.05) is 6.79 Å². The zero-order valence-corrected chi connectivity index (χ0v) is 15.5. The number of fused-ring (bicyclic) bond motifs is 2. The van der Waals surface area contributed by atoms with Gasteiger partial charge in [0.1, 0.15) is 18.2 Å². The van der Waals surface area contributed by atoms with E-state index >= 15 is 0 Å². The first-order chi connectivity index (χ1) is 13.8. The molecule has 3 heterocycles. The summed E-state index contributed by atoms with van der Waals surface area (Å²) in [4.78, 5) is 4.45. The lowest BCUT2D eigenvalue weighted by atomic mass is 10.0. The SMILES string of the molecule is N#Cc1c(-c2ccc3c(c2)OCO3)csc1OCc1cccc2cccnc12. The molecule has 0 amide bonds. The zero-order chi connectivity index (χ0) is 18.9. The summed E-state index contributed by atoms with van der Waals surface area (Å²) in [6, 6.07) is 17.9. The average molecular weight is 386 g/mol. The normalized spacial score (nSPS) is 12.1. The summed E-state index contributed by atoms with van der Waals surface area (Å²) in [7, 11) is 0. The molecule has 0 N–H and O–H groups in total. The summed E-state index contributed by atoms with van der Waals surface area (Å²) in [6.45, 7) is 0.574. The lowest BCUT2D eigenvalue weighted by Crippen LogP contribution is -1.97. The van der Waals surface area contributed by atoms with E-state index in [1.807, 2.05) is 53.9 Å². The van der Waals surface area contributed by atoms with Crippen LogP contribution < -0.4 is 14.2 Å². The standard InChI is InChI=1S/C22H14N2O3S/c23-10-17-18(15-6-7-19-20(9-15)27-13-26-19)12-28-22(17)25-11-16-4-1-3-14-5-2-8-24-21(14)16/h1-9,12H,11,13H2. The van der Waals surface area contributed by atoms with Gasteiger partial charge in [-0.2, -0.15) is 5.26 Å². The molecule has 2 aromatic carbocycles. The molecule has 0 aliphatic carbocycles.